The molecule has 8 heteroatoms. The van der Waals surface area contributed by atoms with Gasteiger partial charge in [-0.2, -0.15) is 0 Å². The van der Waals surface area contributed by atoms with Crippen molar-refractivity contribution in [1.29, 1.82) is 0 Å². The molecule has 14 N–H and O–H groups in total. The van der Waals surface area contributed by atoms with Crippen LogP contribution >= 0.6 is 0 Å². The molecule has 0 heterocycles. The van der Waals surface area contributed by atoms with E-state index in [1.54, 1.807) is 0 Å². The van der Waals surface area contributed by atoms with Crippen LogP contribution in [0.1, 0.15) is 0 Å². The van der Waals surface area contributed by atoms with Crippen LogP contribution < -0.4 is 0 Å². The lowest BCUT2D eigenvalue weighted by Gasteiger charge is -0.413. The highest BCUT2D eigenvalue weighted by molar-refractivity contribution is 1.11. The van der Waals surface area contributed by atoms with E-state index in [0.717, 1.165) is 0 Å². The normalized spacial score (nSPS) is 0. The zero-order valence-electron chi connectivity index (χ0n) is 3.91. The minimum atomic E-state index is 0. The topological polar surface area (TPSA) is 220 Å². The van der Waals surface area contributed by atoms with E-state index in [2.05, 4.69) is 0 Å². The first-order valence-corrected chi connectivity index (χ1v) is 0. The van der Waals surface area contributed by atoms with Gasteiger partial charge in [0.15, 0.2) is 0 Å². The molecule has 0 aromatic carbocycles. The Bertz CT molecular complexity index is 4.35. The van der Waals surface area contributed by atoms with Crippen LogP contribution in [0.5, 0.6) is 0 Å². The van der Waals surface area contributed by atoms with Crippen LogP contribution in [0.15, 0.2) is 0 Å². The number of rotatable bonds is 0. The molecular formula is H15FO7. The summed E-state index contributed by atoms with van der Waals surface area (Å²) in [5.41, 5.74) is 0. The molecule has 0 saturated carbocycles. The average molecular weight is 146 g/mol. The standard InChI is InChI=1S/FH.7H2O/h1H;7*1H2. The van der Waals surface area contributed by atoms with Crippen molar-refractivity contribution in [3.8, 4) is 0 Å². The van der Waals surface area contributed by atoms with Crippen LogP contribution in [0.3, 0.4) is 0 Å². The van der Waals surface area contributed by atoms with E-state index >= 15 is 0 Å². The van der Waals surface area contributed by atoms with Crippen LogP contribution in [0.25, 0.3) is 0 Å². The summed E-state index contributed by atoms with van der Waals surface area (Å²) in [6.45, 7) is 0. The van der Waals surface area contributed by atoms with E-state index in [-0.39, 0.29) is 43.0 Å². The Morgan fingerprint density at radius 3 is 0.250 bits per heavy atom. The number of halogens is 1. The zero-order valence-corrected chi connectivity index (χ0v) is 3.91. The first kappa shape index (κ1) is 2760. The summed E-state index contributed by atoms with van der Waals surface area (Å²) in [5, 5.41) is 0. The third-order valence-electron chi connectivity index (χ3n) is 0. The van der Waals surface area contributed by atoms with Crippen molar-refractivity contribution in [2.45, 2.75) is 0 Å². The number of hydrogen-bond donors (Lipinski definition) is 0. The second-order valence-electron chi connectivity index (χ2n) is 0. The summed E-state index contributed by atoms with van der Waals surface area (Å²) in [5.74, 6) is 0. The highest BCUT2D eigenvalue weighted by Gasteiger charge is -0.269. The van der Waals surface area contributed by atoms with Gasteiger partial charge >= 0.3 is 0 Å². The van der Waals surface area contributed by atoms with E-state index in [1.807, 2.05) is 0 Å². The lowest BCUT2D eigenvalue weighted by molar-refractivity contribution is 0.823. The van der Waals surface area contributed by atoms with Crippen molar-refractivity contribution in [3.63, 3.8) is 0 Å². The smallest absolute Gasteiger partial charge is 0.269 e. The molecule has 0 fully saturated rings. The third kappa shape index (κ3) is 997. The molecule has 0 aromatic rings. The fourth-order valence-electron chi connectivity index (χ4n) is 0. The largest absolute Gasteiger partial charge is 0.412 e. The third-order valence-corrected chi connectivity index (χ3v) is 0. The molecule has 7 nitrogen and oxygen atoms in total. The summed E-state index contributed by atoms with van der Waals surface area (Å²) in [4.78, 5) is 0. The minimum Gasteiger partial charge on any atom is -0.412 e. The second-order valence-corrected chi connectivity index (χ2v) is 0. The van der Waals surface area contributed by atoms with Crippen LogP contribution in [0, 0.1) is 0 Å². The molecule has 0 aliphatic carbocycles. The molecule has 0 atom stereocenters. The van der Waals surface area contributed by atoms with Gasteiger partial charge in [-0.1, -0.05) is 0 Å². The lowest BCUT2D eigenvalue weighted by Crippen LogP contribution is -0.290. The lowest BCUT2D eigenvalue weighted by atomic mass is 16.0. The minimum absolute atomic E-state index is 0. The van der Waals surface area contributed by atoms with Crippen molar-refractivity contribution in [1.82, 2.24) is 0 Å². The van der Waals surface area contributed by atoms with E-state index < -0.39 is 0 Å². The van der Waals surface area contributed by atoms with Crippen molar-refractivity contribution < 1.29 is 43.0 Å². The Labute approximate surface area is 44.5 Å². The first-order chi connectivity index (χ1) is 0. The van der Waals surface area contributed by atoms with Gasteiger partial charge in [0, 0.05) is 0 Å². The molecule has 0 spiro atoms. The molecule has 64 valence electrons. The summed E-state index contributed by atoms with van der Waals surface area (Å²) in [7, 11) is 0. The zero-order chi connectivity index (χ0) is 0. The van der Waals surface area contributed by atoms with Gasteiger partial charge in [-0.05, 0) is 0 Å². The van der Waals surface area contributed by atoms with Gasteiger partial charge in [0.2, 0.25) is 0 Å². The van der Waals surface area contributed by atoms with Gasteiger partial charge in [-0.25, -0.2) is 0 Å². The Kier molecular flexibility index (Phi) is 598000. The Morgan fingerprint density at radius 1 is 0.250 bits per heavy atom. The maximum absolute atomic E-state index is 0. The molecule has 0 aliphatic rings. The Hall–Kier alpha value is -0.350. The molecule has 0 bridgehead atoms. The van der Waals surface area contributed by atoms with Crippen molar-refractivity contribution in [2.24, 2.45) is 0 Å². The quantitative estimate of drug-likeness (QED) is 0.311. The molecule has 0 rings (SSSR count). The summed E-state index contributed by atoms with van der Waals surface area (Å²) >= 11 is 0. The van der Waals surface area contributed by atoms with Gasteiger partial charge in [0.25, 0.3) is 0 Å². The molecule has 0 aliphatic heterocycles. The molecule has 0 amide bonds. The van der Waals surface area contributed by atoms with E-state index in [1.165, 1.54) is 0 Å². The molecule has 0 unspecified atom stereocenters. The van der Waals surface area contributed by atoms with Crippen LogP contribution in [-0.2, 0) is 0 Å². The van der Waals surface area contributed by atoms with E-state index in [0.29, 0.717) is 0 Å². The highest BCUT2D eigenvalue weighted by atomic mass is 19.0. The Morgan fingerprint density at radius 2 is 0.250 bits per heavy atom. The van der Waals surface area contributed by atoms with Gasteiger partial charge in [-0.3, -0.25) is 4.70 Å². The maximum Gasteiger partial charge on any atom is -0.269 e. The van der Waals surface area contributed by atoms with Gasteiger partial charge < -0.3 is 38.3 Å². The van der Waals surface area contributed by atoms with Gasteiger partial charge in [-0.15, -0.1) is 0 Å². The SMILES string of the molecule is F.O.O.O.O.O.O.O. The molecule has 0 saturated heterocycles. The molecule has 0 radical (unpaired) electrons. The van der Waals surface area contributed by atoms with E-state index in [9.17, 15) is 0 Å². The summed E-state index contributed by atoms with van der Waals surface area (Å²) < 4.78 is 0. The first-order valence-electron chi connectivity index (χ1n) is 0. The van der Waals surface area contributed by atoms with E-state index in [4.69, 9.17) is 0 Å². The van der Waals surface area contributed by atoms with Crippen LogP contribution in [0.2, 0.25) is 0 Å². The van der Waals surface area contributed by atoms with Gasteiger partial charge in [0.05, 0.1) is 0 Å². The van der Waals surface area contributed by atoms with Crippen LogP contribution in [0.4, 0.5) is 4.70 Å². The Balaban J connectivity index is 0. The van der Waals surface area contributed by atoms with Crippen molar-refractivity contribution in [2.75, 3.05) is 0 Å². The predicted molar refractivity (Wildman–Crippen MR) is 27.8 cm³/mol. The van der Waals surface area contributed by atoms with Gasteiger partial charge in [0.1, 0.15) is 0 Å². The highest BCUT2D eigenvalue weighted by Crippen LogP contribution is 0.420. The predicted octanol–water partition coefficient (Wildman–Crippen LogP) is -5.62. The fraction of sp³-hybridized carbons (Fsp3) is 0. The van der Waals surface area contributed by atoms with Crippen molar-refractivity contribution in [3.05, 3.63) is 0 Å². The van der Waals surface area contributed by atoms with Crippen molar-refractivity contribution >= 4 is 0 Å². The molecule has 8 heavy (non-hydrogen) atoms. The second kappa shape index (κ2) is 1730. The summed E-state index contributed by atoms with van der Waals surface area (Å²) in [6, 6.07) is 0. The monoisotopic (exact) mass is 146 g/mol. The average Bonchev–Trinajstić information content (AvgIpc) is 0. The molecular weight excluding hydrogens is 131 g/mol. The van der Waals surface area contributed by atoms with Crippen LogP contribution in [-0.4, -0.2) is 38.3 Å². The number of hydrogen-bond acceptors (Lipinski definition) is 0. The molecule has 0 aromatic heterocycles. The maximum atomic E-state index is 0. The summed E-state index contributed by atoms with van der Waals surface area (Å²) in [6.07, 6.45) is 0. The fourth-order valence-corrected chi connectivity index (χ4v) is 0.